The van der Waals surface area contributed by atoms with E-state index in [1.165, 1.54) is 0 Å². The number of benzene rings is 1. The highest BCUT2D eigenvalue weighted by Gasteiger charge is 2.22. The van der Waals surface area contributed by atoms with Crippen LogP contribution >= 0.6 is 11.3 Å². The van der Waals surface area contributed by atoms with Crippen LogP contribution in [0.3, 0.4) is 0 Å². The summed E-state index contributed by atoms with van der Waals surface area (Å²) < 4.78 is 16.9. The molecule has 27 heavy (non-hydrogen) atoms. The van der Waals surface area contributed by atoms with Gasteiger partial charge in [-0.15, -0.1) is 0 Å². The van der Waals surface area contributed by atoms with Crippen LogP contribution in [-0.4, -0.2) is 41.4 Å². The predicted octanol–water partition coefficient (Wildman–Crippen LogP) is 3.99. The Kier molecular flexibility index (Phi) is 5.81. The molecule has 1 aliphatic rings. The minimum atomic E-state index is 0.249. The normalized spacial score (nSPS) is 16.9. The third-order valence-electron chi connectivity index (χ3n) is 4.68. The van der Waals surface area contributed by atoms with Crippen molar-refractivity contribution in [3.05, 3.63) is 52.5 Å². The number of nitrogens with zero attached hydrogens (tertiary/aromatic N) is 3. The number of thiophene rings is 1. The van der Waals surface area contributed by atoms with Crippen LogP contribution in [0.5, 0.6) is 5.75 Å². The molecule has 7 heteroatoms. The second-order valence-corrected chi connectivity index (χ2v) is 7.42. The van der Waals surface area contributed by atoms with E-state index in [2.05, 4.69) is 21.1 Å². The largest absolute Gasteiger partial charge is 0.496 e. The van der Waals surface area contributed by atoms with Crippen LogP contribution in [0.4, 0.5) is 0 Å². The van der Waals surface area contributed by atoms with Gasteiger partial charge in [-0.2, -0.15) is 16.3 Å². The van der Waals surface area contributed by atoms with E-state index in [-0.39, 0.29) is 6.10 Å². The molecule has 2 aromatic heterocycles. The highest BCUT2D eigenvalue weighted by atomic mass is 32.1. The van der Waals surface area contributed by atoms with E-state index in [1.807, 2.05) is 35.0 Å². The zero-order chi connectivity index (χ0) is 18.5. The Labute approximate surface area is 162 Å². The zero-order valence-electron chi connectivity index (χ0n) is 15.3. The number of aromatic nitrogens is 2. The molecule has 1 atom stereocenters. The fraction of sp³-hybridized carbons (Fsp3) is 0.400. The summed E-state index contributed by atoms with van der Waals surface area (Å²) in [6.07, 6.45) is 2.46. The molecular weight excluding hydrogens is 362 g/mol. The van der Waals surface area contributed by atoms with Crippen molar-refractivity contribution < 1.29 is 14.0 Å². The highest BCUT2D eigenvalue weighted by molar-refractivity contribution is 7.08. The summed E-state index contributed by atoms with van der Waals surface area (Å²) >= 11 is 1.62. The van der Waals surface area contributed by atoms with Gasteiger partial charge in [0.2, 0.25) is 11.7 Å². The Morgan fingerprint density at radius 2 is 2.19 bits per heavy atom. The van der Waals surface area contributed by atoms with Crippen LogP contribution in [0.25, 0.3) is 11.4 Å². The van der Waals surface area contributed by atoms with E-state index < -0.39 is 0 Å². The standard InChI is InChI=1S/C20H23N3O3S/c1-24-18-7-3-2-5-15(18)11-23(12-17-6-4-9-25-17)13-19-21-20(22-26-19)16-8-10-27-14-16/h2-3,5,7-8,10,14,17H,4,6,9,11-13H2,1H3/t17-/m0/s1. The lowest BCUT2D eigenvalue weighted by Gasteiger charge is -2.24. The molecule has 142 valence electrons. The summed E-state index contributed by atoms with van der Waals surface area (Å²) in [6, 6.07) is 10.1. The maximum absolute atomic E-state index is 5.84. The molecule has 0 saturated carbocycles. The topological polar surface area (TPSA) is 60.6 Å². The van der Waals surface area contributed by atoms with Crippen LogP contribution in [0.2, 0.25) is 0 Å². The molecular formula is C20H23N3O3S. The fourth-order valence-corrected chi connectivity index (χ4v) is 3.99. The Morgan fingerprint density at radius 1 is 1.26 bits per heavy atom. The van der Waals surface area contributed by atoms with Gasteiger partial charge in [0.15, 0.2) is 0 Å². The van der Waals surface area contributed by atoms with Gasteiger partial charge in [0.25, 0.3) is 0 Å². The van der Waals surface area contributed by atoms with Crippen molar-refractivity contribution in [3.63, 3.8) is 0 Å². The lowest BCUT2D eigenvalue weighted by molar-refractivity contribution is 0.0637. The smallest absolute Gasteiger partial charge is 0.241 e. The molecule has 3 heterocycles. The second-order valence-electron chi connectivity index (χ2n) is 6.64. The first-order valence-electron chi connectivity index (χ1n) is 9.13. The summed E-state index contributed by atoms with van der Waals surface area (Å²) in [6.45, 7) is 2.99. The Bertz CT molecular complexity index is 844. The van der Waals surface area contributed by atoms with Gasteiger partial charge in [-0.1, -0.05) is 23.4 Å². The molecule has 0 amide bonds. The van der Waals surface area contributed by atoms with Crippen LogP contribution in [-0.2, 0) is 17.8 Å². The van der Waals surface area contributed by atoms with Crippen LogP contribution in [0.15, 0.2) is 45.6 Å². The molecule has 1 aromatic carbocycles. The maximum Gasteiger partial charge on any atom is 0.241 e. The van der Waals surface area contributed by atoms with Crippen molar-refractivity contribution in [1.29, 1.82) is 0 Å². The molecule has 6 nitrogen and oxygen atoms in total. The predicted molar refractivity (Wildman–Crippen MR) is 104 cm³/mol. The summed E-state index contributed by atoms with van der Waals surface area (Å²) in [5, 5.41) is 8.15. The number of rotatable bonds is 8. The maximum atomic E-state index is 5.84. The first-order valence-corrected chi connectivity index (χ1v) is 10.1. The molecule has 1 saturated heterocycles. The minimum Gasteiger partial charge on any atom is -0.496 e. The van der Waals surface area contributed by atoms with Gasteiger partial charge in [-0.05, 0) is 30.4 Å². The first-order chi connectivity index (χ1) is 13.3. The van der Waals surface area contributed by atoms with Gasteiger partial charge in [-0.3, -0.25) is 4.90 Å². The van der Waals surface area contributed by atoms with Crippen molar-refractivity contribution in [2.75, 3.05) is 20.3 Å². The average Bonchev–Trinajstić information content (AvgIpc) is 3.44. The summed E-state index contributed by atoms with van der Waals surface area (Å²) in [5.41, 5.74) is 2.13. The van der Waals surface area contributed by atoms with Crippen molar-refractivity contribution in [2.24, 2.45) is 0 Å². The van der Waals surface area contributed by atoms with Crippen molar-refractivity contribution in [2.45, 2.75) is 32.0 Å². The third kappa shape index (κ3) is 4.55. The Hall–Kier alpha value is -2.22. The molecule has 4 rings (SSSR count). The van der Waals surface area contributed by atoms with Gasteiger partial charge in [0.05, 0.1) is 19.8 Å². The molecule has 1 aliphatic heterocycles. The van der Waals surface area contributed by atoms with Crippen LogP contribution in [0.1, 0.15) is 24.3 Å². The van der Waals surface area contributed by atoms with Crippen molar-refractivity contribution in [3.8, 4) is 17.1 Å². The van der Waals surface area contributed by atoms with Crippen LogP contribution in [0, 0.1) is 0 Å². The number of para-hydroxylation sites is 1. The van der Waals surface area contributed by atoms with Gasteiger partial charge in [0.1, 0.15) is 5.75 Å². The van der Waals surface area contributed by atoms with E-state index in [9.17, 15) is 0 Å². The van der Waals surface area contributed by atoms with Gasteiger partial charge in [0, 0.05) is 36.2 Å². The SMILES string of the molecule is COc1ccccc1CN(Cc1nc(-c2ccsc2)no1)C[C@@H]1CCCO1. The molecule has 0 unspecified atom stereocenters. The lowest BCUT2D eigenvalue weighted by atomic mass is 10.1. The van der Waals surface area contributed by atoms with Gasteiger partial charge in [-0.25, -0.2) is 0 Å². The molecule has 0 bridgehead atoms. The van der Waals surface area contributed by atoms with E-state index in [0.717, 1.165) is 49.4 Å². The molecule has 1 fully saturated rings. The molecule has 0 spiro atoms. The average molecular weight is 385 g/mol. The quantitative estimate of drug-likeness (QED) is 0.584. The van der Waals surface area contributed by atoms with Crippen molar-refractivity contribution >= 4 is 11.3 Å². The second kappa shape index (κ2) is 8.65. The number of ether oxygens (including phenoxy) is 2. The van der Waals surface area contributed by atoms with Crippen LogP contribution < -0.4 is 4.74 Å². The van der Waals surface area contributed by atoms with E-state index in [0.29, 0.717) is 18.3 Å². The fourth-order valence-electron chi connectivity index (χ4n) is 3.36. The highest BCUT2D eigenvalue weighted by Crippen LogP contribution is 2.23. The molecule has 0 aliphatic carbocycles. The summed E-state index contributed by atoms with van der Waals surface area (Å²) in [5.74, 6) is 2.14. The number of methoxy groups -OCH3 is 1. The van der Waals surface area contributed by atoms with E-state index in [1.54, 1.807) is 18.4 Å². The summed E-state index contributed by atoms with van der Waals surface area (Å²) in [7, 11) is 1.70. The van der Waals surface area contributed by atoms with Crippen molar-refractivity contribution in [1.82, 2.24) is 15.0 Å². The first kappa shape index (κ1) is 18.2. The number of hydrogen-bond acceptors (Lipinski definition) is 7. The Balaban J connectivity index is 1.50. The lowest BCUT2D eigenvalue weighted by Crippen LogP contribution is -2.31. The minimum absolute atomic E-state index is 0.249. The zero-order valence-corrected chi connectivity index (χ0v) is 16.2. The molecule has 0 N–H and O–H groups in total. The number of hydrogen-bond donors (Lipinski definition) is 0. The van der Waals surface area contributed by atoms with E-state index in [4.69, 9.17) is 14.0 Å². The summed E-state index contributed by atoms with van der Waals surface area (Å²) in [4.78, 5) is 6.86. The molecule has 0 radical (unpaired) electrons. The Morgan fingerprint density at radius 3 is 2.96 bits per heavy atom. The monoisotopic (exact) mass is 385 g/mol. The molecule has 3 aromatic rings. The van der Waals surface area contributed by atoms with E-state index >= 15 is 0 Å². The van der Waals surface area contributed by atoms with Gasteiger partial charge >= 0.3 is 0 Å². The van der Waals surface area contributed by atoms with Gasteiger partial charge < -0.3 is 14.0 Å². The third-order valence-corrected chi connectivity index (χ3v) is 5.36.